The van der Waals surface area contributed by atoms with Crippen molar-refractivity contribution >= 4 is 40.9 Å². The van der Waals surface area contributed by atoms with Gasteiger partial charge < -0.3 is 15.2 Å². The molecule has 0 aliphatic heterocycles. The standard InChI is InChI=1S/C23H26ClN5O2S/c1-5-29-21(16(4)25-22(31)17-11-6-7-12-18(17)24)27-28-23(29)32-13-19(30)26-20-14(2)9-8-10-15(20)3/h6-12,16H,5,13H2,1-4H3,(H,25,31)(H,26,30)/t16-/m0/s1. The molecular weight excluding hydrogens is 446 g/mol. The number of nitrogens with one attached hydrogen (secondary N) is 2. The maximum atomic E-state index is 12.6. The van der Waals surface area contributed by atoms with E-state index in [4.69, 9.17) is 11.6 Å². The van der Waals surface area contributed by atoms with Crippen molar-refractivity contribution in [3.8, 4) is 0 Å². The lowest BCUT2D eigenvalue weighted by molar-refractivity contribution is -0.113. The maximum absolute atomic E-state index is 12.6. The molecule has 0 bridgehead atoms. The van der Waals surface area contributed by atoms with Crippen LogP contribution in [0.15, 0.2) is 47.6 Å². The number of amides is 2. The van der Waals surface area contributed by atoms with E-state index in [1.807, 2.05) is 50.5 Å². The zero-order chi connectivity index (χ0) is 23.3. The van der Waals surface area contributed by atoms with Crippen LogP contribution < -0.4 is 10.6 Å². The van der Waals surface area contributed by atoms with Crippen LogP contribution >= 0.6 is 23.4 Å². The number of anilines is 1. The fourth-order valence-corrected chi connectivity index (χ4v) is 4.36. The Kier molecular flexibility index (Phi) is 7.93. The van der Waals surface area contributed by atoms with Crippen LogP contribution in [0.4, 0.5) is 5.69 Å². The zero-order valence-electron chi connectivity index (χ0n) is 18.5. The van der Waals surface area contributed by atoms with E-state index < -0.39 is 0 Å². The maximum Gasteiger partial charge on any atom is 0.253 e. The predicted molar refractivity (Wildman–Crippen MR) is 128 cm³/mol. The molecule has 3 rings (SSSR count). The van der Waals surface area contributed by atoms with Crippen molar-refractivity contribution in [3.63, 3.8) is 0 Å². The molecule has 0 saturated heterocycles. The van der Waals surface area contributed by atoms with Gasteiger partial charge in [-0.15, -0.1) is 10.2 Å². The Morgan fingerprint density at radius 3 is 2.44 bits per heavy atom. The van der Waals surface area contributed by atoms with E-state index in [9.17, 15) is 9.59 Å². The van der Waals surface area contributed by atoms with Crippen LogP contribution in [0.5, 0.6) is 0 Å². The monoisotopic (exact) mass is 471 g/mol. The van der Waals surface area contributed by atoms with E-state index in [0.717, 1.165) is 16.8 Å². The van der Waals surface area contributed by atoms with Gasteiger partial charge in [0.25, 0.3) is 5.91 Å². The molecule has 1 heterocycles. The number of benzene rings is 2. The van der Waals surface area contributed by atoms with Crippen molar-refractivity contribution in [2.24, 2.45) is 0 Å². The molecule has 0 aliphatic rings. The number of carbonyl (C=O) groups is 2. The van der Waals surface area contributed by atoms with Gasteiger partial charge in [-0.3, -0.25) is 9.59 Å². The SMILES string of the molecule is CCn1c(SCC(=O)Nc2c(C)cccc2C)nnc1[C@H](C)NC(=O)c1ccccc1Cl. The highest BCUT2D eigenvalue weighted by Gasteiger charge is 2.21. The molecule has 3 aromatic rings. The first-order chi connectivity index (χ1) is 15.3. The van der Waals surface area contributed by atoms with Crippen molar-refractivity contribution < 1.29 is 9.59 Å². The molecule has 7 nitrogen and oxygen atoms in total. The molecule has 32 heavy (non-hydrogen) atoms. The minimum atomic E-state index is -0.385. The van der Waals surface area contributed by atoms with Gasteiger partial charge in [-0.2, -0.15) is 0 Å². The van der Waals surface area contributed by atoms with Gasteiger partial charge in [0, 0.05) is 12.2 Å². The summed E-state index contributed by atoms with van der Waals surface area (Å²) in [5.41, 5.74) is 3.28. The molecule has 9 heteroatoms. The molecule has 0 radical (unpaired) electrons. The molecule has 0 aliphatic carbocycles. The van der Waals surface area contributed by atoms with Gasteiger partial charge in [0.2, 0.25) is 5.91 Å². The predicted octanol–water partition coefficient (Wildman–Crippen LogP) is 4.79. The van der Waals surface area contributed by atoms with Crippen LogP contribution in [0.1, 0.15) is 47.2 Å². The molecule has 0 fully saturated rings. The number of para-hydroxylation sites is 1. The number of aromatic nitrogens is 3. The average Bonchev–Trinajstić information content (AvgIpc) is 3.18. The zero-order valence-corrected chi connectivity index (χ0v) is 20.0. The van der Waals surface area contributed by atoms with E-state index in [0.29, 0.717) is 28.1 Å². The first-order valence-corrected chi connectivity index (χ1v) is 11.7. The van der Waals surface area contributed by atoms with Crippen LogP contribution in [0.2, 0.25) is 5.02 Å². The Morgan fingerprint density at radius 2 is 1.78 bits per heavy atom. The van der Waals surface area contributed by atoms with Gasteiger partial charge in [0.05, 0.1) is 22.4 Å². The van der Waals surface area contributed by atoms with Gasteiger partial charge in [0.15, 0.2) is 11.0 Å². The van der Waals surface area contributed by atoms with E-state index in [-0.39, 0.29) is 23.6 Å². The summed E-state index contributed by atoms with van der Waals surface area (Å²) in [6, 6.07) is 12.4. The first-order valence-electron chi connectivity index (χ1n) is 10.3. The van der Waals surface area contributed by atoms with Crippen molar-refractivity contribution in [2.45, 2.75) is 45.4 Å². The summed E-state index contributed by atoms with van der Waals surface area (Å²) in [7, 11) is 0. The largest absolute Gasteiger partial charge is 0.342 e. The number of hydrogen-bond donors (Lipinski definition) is 2. The summed E-state index contributed by atoms with van der Waals surface area (Å²) in [4.78, 5) is 25.1. The Balaban J connectivity index is 1.66. The van der Waals surface area contributed by atoms with Crippen LogP contribution in [0.3, 0.4) is 0 Å². The lowest BCUT2D eigenvalue weighted by Crippen LogP contribution is -2.29. The Bertz CT molecular complexity index is 1110. The number of carbonyl (C=O) groups excluding carboxylic acids is 2. The van der Waals surface area contributed by atoms with Gasteiger partial charge >= 0.3 is 0 Å². The van der Waals surface area contributed by atoms with E-state index in [1.165, 1.54) is 11.8 Å². The van der Waals surface area contributed by atoms with Gasteiger partial charge in [0.1, 0.15) is 0 Å². The van der Waals surface area contributed by atoms with Crippen LogP contribution in [-0.2, 0) is 11.3 Å². The molecule has 0 spiro atoms. The lowest BCUT2D eigenvalue weighted by Gasteiger charge is -2.15. The molecule has 2 N–H and O–H groups in total. The number of halogens is 1. The summed E-state index contributed by atoms with van der Waals surface area (Å²) in [5, 5.41) is 15.4. The molecule has 0 unspecified atom stereocenters. The minimum Gasteiger partial charge on any atom is -0.342 e. The van der Waals surface area contributed by atoms with E-state index in [1.54, 1.807) is 24.3 Å². The topological polar surface area (TPSA) is 88.9 Å². The van der Waals surface area contributed by atoms with Gasteiger partial charge in [-0.05, 0) is 51.0 Å². The Hall–Kier alpha value is -2.84. The highest BCUT2D eigenvalue weighted by atomic mass is 35.5. The Labute approximate surface area is 197 Å². The molecular formula is C23H26ClN5O2S. The molecule has 1 aromatic heterocycles. The summed E-state index contributed by atoms with van der Waals surface area (Å²) in [6.07, 6.45) is 0. The third kappa shape index (κ3) is 5.49. The lowest BCUT2D eigenvalue weighted by atomic mass is 10.1. The minimum absolute atomic E-state index is 0.111. The Morgan fingerprint density at radius 1 is 1.09 bits per heavy atom. The second-order valence-corrected chi connectivity index (χ2v) is 8.71. The summed E-state index contributed by atoms with van der Waals surface area (Å²) in [6.45, 7) is 8.35. The molecule has 168 valence electrons. The van der Waals surface area contributed by atoms with Gasteiger partial charge in [-0.25, -0.2) is 0 Å². The van der Waals surface area contributed by atoms with Crippen molar-refractivity contribution in [2.75, 3.05) is 11.1 Å². The van der Waals surface area contributed by atoms with Gasteiger partial charge in [-0.1, -0.05) is 53.7 Å². The quantitative estimate of drug-likeness (QED) is 0.461. The molecule has 2 amide bonds. The normalized spacial score (nSPS) is 11.8. The summed E-state index contributed by atoms with van der Waals surface area (Å²) < 4.78 is 1.90. The van der Waals surface area contributed by atoms with Crippen molar-refractivity contribution in [3.05, 3.63) is 70.0 Å². The highest BCUT2D eigenvalue weighted by Crippen LogP contribution is 2.23. The van der Waals surface area contributed by atoms with E-state index >= 15 is 0 Å². The summed E-state index contributed by atoms with van der Waals surface area (Å²) in [5.74, 6) is 0.424. The molecule has 1 atom stereocenters. The molecule has 2 aromatic carbocycles. The number of aryl methyl sites for hydroxylation is 2. The number of rotatable bonds is 8. The van der Waals surface area contributed by atoms with Crippen LogP contribution in [0, 0.1) is 13.8 Å². The molecule has 0 saturated carbocycles. The highest BCUT2D eigenvalue weighted by molar-refractivity contribution is 7.99. The second kappa shape index (κ2) is 10.7. The van der Waals surface area contributed by atoms with Crippen LogP contribution in [0.25, 0.3) is 0 Å². The fraction of sp³-hybridized carbons (Fsp3) is 0.304. The number of hydrogen-bond acceptors (Lipinski definition) is 5. The number of nitrogens with zero attached hydrogens (tertiary/aromatic N) is 3. The third-order valence-corrected chi connectivity index (χ3v) is 6.29. The second-order valence-electron chi connectivity index (χ2n) is 7.36. The fourth-order valence-electron chi connectivity index (χ4n) is 3.33. The van der Waals surface area contributed by atoms with E-state index in [2.05, 4.69) is 20.8 Å². The number of thioether (sulfide) groups is 1. The third-order valence-electron chi connectivity index (χ3n) is 4.99. The van der Waals surface area contributed by atoms with Crippen molar-refractivity contribution in [1.82, 2.24) is 20.1 Å². The summed E-state index contributed by atoms with van der Waals surface area (Å²) >= 11 is 7.43. The van der Waals surface area contributed by atoms with Crippen LogP contribution in [-0.4, -0.2) is 32.3 Å². The smallest absolute Gasteiger partial charge is 0.253 e. The average molecular weight is 472 g/mol. The van der Waals surface area contributed by atoms with Crippen molar-refractivity contribution in [1.29, 1.82) is 0 Å². The first kappa shape index (κ1) is 23.8.